The fourth-order valence-electron chi connectivity index (χ4n) is 3.80. The number of alkyl halides is 3. The van der Waals surface area contributed by atoms with Crippen LogP contribution < -0.4 is 0 Å². The van der Waals surface area contributed by atoms with Gasteiger partial charge in [-0.1, -0.05) is 13.8 Å². The van der Waals surface area contributed by atoms with Crippen LogP contribution in [0.3, 0.4) is 0 Å². The van der Waals surface area contributed by atoms with Gasteiger partial charge in [0, 0.05) is 18.7 Å². The van der Waals surface area contributed by atoms with Gasteiger partial charge in [-0.25, -0.2) is 0 Å². The lowest BCUT2D eigenvalue weighted by atomic mass is 9.73. The Balaban J connectivity index is 2.07. The van der Waals surface area contributed by atoms with Gasteiger partial charge >= 0.3 is 6.18 Å². The molecule has 3 aliphatic rings. The second-order valence-electron chi connectivity index (χ2n) is 7.52. The summed E-state index contributed by atoms with van der Waals surface area (Å²) in [7, 11) is 0. The zero-order valence-electron chi connectivity index (χ0n) is 13.6. The van der Waals surface area contributed by atoms with Crippen molar-refractivity contribution in [1.82, 2.24) is 4.90 Å². The average Bonchev–Trinajstić information content (AvgIpc) is 2.99. The number of carbonyl (C=O) groups is 2. The summed E-state index contributed by atoms with van der Waals surface area (Å²) in [5.41, 5.74) is -5.11. The van der Waals surface area contributed by atoms with Crippen molar-refractivity contribution in [1.29, 1.82) is 0 Å². The summed E-state index contributed by atoms with van der Waals surface area (Å²) < 4.78 is 45.9. The summed E-state index contributed by atoms with van der Waals surface area (Å²) in [5, 5.41) is 10.2. The number of hydrogen-bond acceptors (Lipinski definition) is 4. The predicted molar refractivity (Wildman–Crippen MR) is 76.7 cm³/mol. The molecule has 8 heteroatoms. The van der Waals surface area contributed by atoms with Crippen molar-refractivity contribution in [2.45, 2.75) is 57.4 Å². The highest BCUT2D eigenvalue weighted by atomic mass is 19.4. The first-order chi connectivity index (χ1) is 11.0. The topological polar surface area (TPSA) is 66.8 Å². The number of hydrogen-bond donors (Lipinski definition) is 1. The molecule has 0 radical (unpaired) electrons. The number of rotatable bonds is 2. The van der Waals surface area contributed by atoms with E-state index >= 15 is 0 Å². The first-order valence-electron chi connectivity index (χ1n) is 7.97. The Morgan fingerprint density at radius 1 is 1.29 bits per heavy atom. The van der Waals surface area contributed by atoms with Gasteiger partial charge in [0.05, 0.1) is 18.2 Å². The van der Waals surface area contributed by atoms with Gasteiger partial charge in [0.25, 0.3) is 11.5 Å². The second-order valence-corrected chi connectivity index (χ2v) is 7.52. The third-order valence-electron chi connectivity index (χ3n) is 4.92. The molecule has 2 heterocycles. The third kappa shape index (κ3) is 2.47. The summed E-state index contributed by atoms with van der Waals surface area (Å²) in [6.07, 6.45) is -4.22. The van der Waals surface area contributed by atoms with Crippen molar-refractivity contribution >= 4 is 11.7 Å². The van der Waals surface area contributed by atoms with Gasteiger partial charge in [-0.05, 0) is 24.7 Å². The van der Waals surface area contributed by atoms with Gasteiger partial charge in [0.15, 0.2) is 5.78 Å². The molecule has 0 saturated carbocycles. The van der Waals surface area contributed by atoms with Crippen molar-refractivity contribution in [2.24, 2.45) is 5.41 Å². The minimum absolute atomic E-state index is 0.00317. The molecule has 1 aliphatic carbocycles. The van der Waals surface area contributed by atoms with Crippen LogP contribution >= 0.6 is 0 Å². The van der Waals surface area contributed by atoms with E-state index in [0.29, 0.717) is 13.0 Å². The zero-order chi connectivity index (χ0) is 17.9. The highest BCUT2D eigenvalue weighted by Crippen LogP contribution is 2.51. The monoisotopic (exact) mass is 347 g/mol. The minimum atomic E-state index is -5.24. The van der Waals surface area contributed by atoms with E-state index in [1.54, 1.807) is 13.8 Å². The fraction of sp³-hybridized carbons (Fsp3) is 0.750. The number of carbonyl (C=O) groups excluding carboxylic acids is 2. The van der Waals surface area contributed by atoms with Crippen molar-refractivity contribution in [3.8, 4) is 0 Å². The van der Waals surface area contributed by atoms with Gasteiger partial charge in [-0.2, -0.15) is 13.2 Å². The molecular formula is C16H20F3NO4. The van der Waals surface area contributed by atoms with Crippen molar-refractivity contribution in [3.05, 3.63) is 11.3 Å². The first-order valence-corrected chi connectivity index (χ1v) is 7.97. The lowest BCUT2D eigenvalue weighted by molar-refractivity contribution is -0.238. The van der Waals surface area contributed by atoms with Gasteiger partial charge in [-0.3, -0.25) is 9.59 Å². The zero-order valence-corrected chi connectivity index (χ0v) is 13.6. The second kappa shape index (κ2) is 5.29. The van der Waals surface area contributed by atoms with E-state index in [0.717, 1.165) is 11.3 Å². The molecule has 0 aromatic carbocycles. The van der Waals surface area contributed by atoms with Gasteiger partial charge in [0.1, 0.15) is 0 Å². The van der Waals surface area contributed by atoms with Crippen LogP contribution in [-0.4, -0.2) is 52.7 Å². The van der Waals surface area contributed by atoms with Crippen LogP contribution in [0.2, 0.25) is 0 Å². The van der Waals surface area contributed by atoms with Crippen LogP contribution in [0.5, 0.6) is 0 Å². The Kier molecular flexibility index (Phi) is 3.84. The van der Waals surface area contributed by atoms with Crippen LogP contribution in [0, 0.1) is 5.41 Å². The van der Waals surface area contributed by atoms with Crippen molar-refractivity contribution in [2.75, 3.05) is 13.2 Å². The molecule has 2 aliphatic heterocycles. The van der Waals surface area contributed by atoms with Crippen LogP contribution in [-0.2, 0) is 14.3 Å². The van der Waals surface area contributed by atoms with Crippen LogP contribution in [0.1, 0.15) is 39.5 Å². The van der Waals surface area contributed by atoms with E-state index in [9.17, 15) is 27.9 Å². The number of amides is 1. The highest BCUT2D eigenvalue weighted by Gasteiger charge is 2.70. The molecule has 2 atom stereocenters. The first kappa shape index (κ1) is 17.4. The standard InChI is InChI=1S/C16H20F3NO4/c1-14(2)6-10-12(11(21)7-14)15(23,16(17,18)19)13(22)20(10)8-9-4-3-5-24-9/h9,23H,3-8H2,1-2H3/t9-,15+/m1/s1. The van der Waals surface area contributed by atoms with Crippen LogP contribution in [0.15, 0.2) is 11.3 Å². The fourth-order valence-corrected chi connectivity index (χ4v) is 3.80. The van der Waals surface area contributed by atoms with E-state index in [1.165, 1.54) is 0 Å². The molecule has 5 nitrogen and oxygen atoms in total. The summed E-state index contributed by atoms with van der Waals surface area (Å²) in [6, 6.07) is 0. The smallest absolute Gasteiger partial charge is 0.376 e. The van der Waals surface area contributed by atoms with E-state index < -0.39 is 34.5 Å². The quantitative estimate of drug-likeness (QED) is 0.829. The van der Waals surface area contributed by atoms with Crippen molar-refractivity contribution < 1.29 is 32.6 Å². The molecule has 1 amide bonds. The number of Topliss-reactive ketones (excluding diaryl/α,β-unsaturated/α-hetero) is 1. The molecular weight excluding hydrogens is 327 g/mol. The number of allylic oxidation sites excluding steroid dienone is 1. The van der Waals surface area contributed by atoms with E-state index in [2.05, 4.69) is 0 Å². The van der Waals surface area contributed by atoms with Gasteiger partial charge in [-0.15, -0.1) is 0 Å². The summed E-state index contributed by atoms with van der Waals surface area (Å²) in [6.45, 7) is 3.94. The largest absolute Gasteiger partial charge is 0.430 e. The molecule has 0 bridgehead atoms. The third-order valence-corrected chi connectivity index (χ3v) is 4.92. The molecule has 0 spiro atoms. The average molecular weight is 347 g/mol. The highest BCUT2D eigenvalue weighted by molar-refractivity contribution is 6.11. The lowest BCUT2D eigenvalue weighted by Gasteiger charge is -2.33. The number of ketones is 1. The summed E-state index contributed by atoms with van der Waals surface area (Å²) in [4.78, 5) is 25.8. The summed E-state index contributed by atoms with van der Waals surface area (Å²) in [5.74, 6) is -2.30. The molecule has 0 aromatic heterocycles. The van der Waals surface area contributed by atoms with Crippen LogP contribution in [0.4, 0.5) is 13.2 Å². The Hall–Kier alpha value is -1.41. The number of aliphatic hydroxyl groups is 1. The molecule has 134 valence electrons. The molecule has 0 unspecified atom stereocenters. The van der Waals surface area contributed by atoms with E-state index in [-0.39, 0.29) is 31.2 Å². The molecule has 1 N–H and O–H groups in total. The molecule has 0 aromatic rings. The predicted octanol–water partition coefficient (Wildman–Crippen LogP) is 1.94. The van der Waals surface area contributed by atoms with Crippen LogP contribution in [0.25, 0.3) is 0 Å². The normalized spacial score (nSPS) is 33.4. The molecule has 24 heavy (non-hydrogen) atoms. The maximum Gasteiger partial charge on any atom is 0.430 e. The number of halogens is 3. The van der Waals surface area contributed by atoms with Gasteiger partial charge < -0.3 is 14.7 Å². The number of nitrogens with zero attached hydrogens (tertiary/aromatic N) is 1. The molecule has 3 rings (SSSR count). The molecule has 1 fully saturated rings. The Labute approximate surface area is 137 Å². The Bertz CT molecular complexity index is 619. The maximum absolute atomic E-state index is 13.5. The minimum Gasteiger partial charge on any atom is -0.376 e. The molecule has 1 saturated heterocycles. The van der Waals surface area contributed by atoms with E-state index in [4.69, 9.17) is 4.74 Å². The SMILES string of the molecule is CC1(C)CC(=O)C2=C(C1)N(C[C@H]1CCCO1)C(=O)[C@]2(O)C(F)(F)F. The number of ether oxygens (including phenoxy) is 1. The summed E-state index contributed by atoms with van der Waals surface area (Å²) >= 11 is 0. The van der Waals surface area contributed by atoms with Gasteiger partial charge in [0.2, 0.25) is 0 Å². The van der Waals surface area contributed by atoms with E-state index in [1.807, 2.05) is 0 Å². The Morgan fingerprint density at radius 2 is 1.96 bits per heavy atom. The van der Waals surface area contributed by atoms with Crippen molar-refractivity contribution in [3.63, 3.8) is 0 Å². The lowest BCUT2D eigenvalue weighted by Crippen LogP contribution is -2.56. The maximum atomic E-state index is 13.5. The Morgan fingerprint density at radius 3 is 2.50 bits per heavy atom.